The van der Waals surface area contributed by atoms with E-state index in [0.717, 1.165) is 36.3 Å². The van der Waals surface area contributed by atoms with Gasteiger partial charge in [0.2, 0.25) is 0 Å². The van der Waals surface area contributed by atoms with Crippen molar-refractivity contribution in [1.82, 2.24) is 4.90 Å². The average Bonchev–Trinajstić information content (AvgIpc) is 2.82. The normalized spacial score (nSPS) is 14.4. The molecule has 0 aromatic heterocycles. The summed E-state index contributed by atoms with van der Waals surface area (Å²) >= 11 is 3.45. The zero-order valence-electron chi connectivity index (χ0n) is 19.0. The number of amides is 2. The Morgan fingerprint density at radius 1 is 0.971 bits per heavy atom. The fraction of sp³-hybridized carbons (Fsp3) is 0.435. The topological polar surface area (TPSA) is 57.3 Å². The maximum Gasteiger partial charge on any atom is 0.406 e. The number of ether oxygens (including phenoxy) is 2. The van der Waals surface area contributed by atoms with Crippen LogP contribution in [0.1, 0.15) is 0 Å². The summed E-state index contributed by atoms with van der Waals surface area (Å²) in [7, 11) is 2.60. The molecule has 2 aromatic rings. The highest BCUT2D eigenvalue weighted by atomic mass is 79.9. The van der Waals surface area contributed by atoms with Crippen molar-refractivity contribution in [1.29, 1.82) is 0 Å². The number of halogens is 4. The number of rotatable bonds is 8. The number of nitrogens with zero attached hydrogens (tertiary/aromatic N) is 3. The van der Waals surface area contributed by atoms with Gasteiger partial charge in [-0.3, -0.25) is 0 Å². The van der Waals surface area contributed by atoms with Gasteiger partial charge >= 0.3 is 12.2 Å². The Bertz CT molecular complexity index is 917. The van der Waals surface area contributed by atoms with E-state index < -0.39 is 25.0 Å². The molecule has 1 aliphatic heterocycles. The number of hydrogen-bond acceptors (Lipinski definition) is 5. The number of piperazine rings is 1. The Morgan fingerprint density at radius 2 is 1.44 bits per heavy atom. The lowest BCUT2D eigenvalue weighted by Gasteiger charge is -2.37. The van der Waals surface area contributed by atoms with Gasteiger partial charge in [-0.2, -0.15) is 13.2 Å². The van der Waals surface area contributed by atoms with Gasteiger partial charge in [0.05, 0.1) is 6.54 Å². The maximum absolute atomic E-state index is 13.0. The number of methoxy groups -OCH3 is 2. The first-order valence-electron chi connectivity index (χ1n) is 10.7. The molecule has 0 radical (unpaired) electrons. The molecule has 0 bridgehead atoms. The minimum absolute atomic E-state index is 0.362. The number of nitrogens with one attached hydrogen (secondary N) is 1. The number of anilines is 3. The van der Waals surface area contributed by atoms with Gasteiger partial charge in [-0.15, -0.1) is 0 Å². The van der Waals surface area contributed by atoms with Gasteiger partial charge in [-0.25, -0.2) is 4.79 Å². The fourth-order valence-corrected chi connectivity index (χ4v) is 3.96. The van der Waals surface area contributed by atoms with Crippen LogP contribution in [0.25, 0.3) is 0 Å². The number of carbonyl (C=O) groups excluding carboxylic acids is 1. The molecular formula is C23H28BrF3N4O3. The van der Waals surface area contributed by atoms with Gasteiger partial charge in [-0.05, 0) is 48.5 Å². The van der Waals surface area contributed by atoms with Crippen LogP contribution in [0, 0.1) is 0 Å². The van der Waals surface area contributed by atoms with Gasteiger partial charge in [-0.1, -0.05) is 15.9 Å². The predicted octanol–water partition coefficient (Wildman–Crippen LogP) is 4.79. The molecule has 1 heterocycles. The third-order valence-electron chi connectivity index (χ3n) is 5.51. The van der Waals surface area contributed by atoms with Crippen LogP contribution in [0.5, 0.6) is 0 Å². The Hall–Kier alpha value is -2.50. The second-order valence-electron chi connectivity index (χ2n) is 7.82. The standard InChI is InChI=1S/C23H28BrF3N4O3/c1-33-21(34-2)15-31(16-23(25,26)27)22(32)28-18-5-9-20(10-6-18)30-13-11-29(12-14-30)19-7-3-17(24)4-8-19/h3-10,21H,11-16H2,1-2H3,(H,28,32). The molecule has 0 saturated carbocycles. The molecule has 7 nitrogen and oxygen atoms in total. The molecule has 1 N–H and O–H groups in total. The monoisotopic (exact) mass is 544 g/mol. The van der Waals surface area contributed by atoms with Crippen molar-refractivity contribution in [3.8, 4) is 0 Å². The first-order valence-corrected chi connectivity index (χ1v) is 11.5. The number of hydrogen-bond donors (Lipinski definition) is 1. The van der Waals surface area contributed by atoms with Crippen molar-refractivity contribution < 1.29 is 27.4 Å². The summed E-state index contributed by atoms with van der Waals surface area (Å²) in [4.78, 5) is 17.7. The number of benzene rings is 2. The van der Waals surface area contributed by atoms with Crippen LogP contribution >= 0.6 is 15.9 Å². The molecule has 34 heavy (non-hydrogen) atoms. The van der Waals surface area contributed by atoms with Crippen molar-refractivity contribution in [2.45, 2.75) is 12.5 Å². The molecule has 3 rings (SSSR count). The Morgan fingerprint density at radius 3 is 1.88 bits per heavy atom. The maximum atomic E-state index is 13.0. The second kappa shape index (κ2) is 11.8. The zero-order chi connectivity index (χ0) is 24.7. The molecule has 186 valence electrons. The van der Waals surface area contributed by atoms with Crippen molar-refractivity contribution in [2.75, 3.05) is 68.6 Å². The van der Waals surface area contributed by atoms with Gasteiger partial charge in [0.25, 0.3) is 0 Å². The number of urea groups is 1. The molecule has 1 saturated heterocycles. The van der Waals surface area contributed by atoms with Gasteiger partial charge in [0, 0.05) is 61.9 Å². The zero-order valence-corrected chi connectivity index (χ0v) is 20.6. The molecule has 0 unspecified atom stereocenters. The van der Waals surface area contributed by atoms with Crippen molar-refractivity contribution in [3.05, 3.63) is 53.0 Å². The lowest BCUT2D eigenvalue weighted by molar-refractivity contribution is -0.155. The van der Waals surface area contributed by atoms with E-state index >= 15 is 0 Å². The summed E-state index contributed by atoms with van der Waals surface area (Å²) in [5.41, 5.74) is 2.56. The summed E-state index contributed by atoms with van der Waals surface area (Å²) in [6, 6.07) is 14.4. The Balaban J connectivity index is 1.57. The van der Waals surface area contributed by atoms with Gasteiger partial charge < -0.3 is 29.5 Å². The van der Waals surface area contributed by atoms with E-state index in [9.17, 15) is 18.0 Å². The largest absolute Gasteiger partial charge is 0.406 e. The minimum Gasteiger partial charge on any atom is -0.368 e. The fourth-order valence-electron chi connectivity index (χ4n) is 3.69. The SMILES string of the molecule is COC(CN(CC(F)(F)F)C(=O)Nc1ccc(N2CCN(c3ccc(Br)cc3)CC2)cc1)OC. The first kappa shape index (κ1) is 26.1. The molecule has 2 amide bonds. The molecule has 1 aliphatic rings. The summed E-state index contributed by atoms with van der Waals surface area (Å²) in [6.45, 7) is 1.62. The van der Waals surface area contributed by atoms with Crippen molar-refractivity contribution in [2.24, 2.45) is 0 Å². The molecular weight excluding hydrogens is 517 g/mol. The quantitative estimate of drug-likeness (QED) is 0.484. The van der Waals surface area contributed by atoms with Crippen LogP contribution in [-0.2, 0) is 9.47 Å². The van der Waals surface area contributed by atoms with Gasteiger partial charge in [0.1, 0.15) is 6.54 Å². The van der Waals surface area contributed by atoms with Crippen LogP contribution < -0.4 is 15.1 Å². The highest BCUT2D eigenvalue weighted by molar-refractivity contribution is 9.10. The van der Waals surface area contributed by atoms with E-state index in [1.165, 1.54) is 19.9 Å². The van der Waals surface area contributed by atoms with E-state index in [1.54, 1.807) is 12.1 Å². The van der Waals surface area contributed by atoms with Crippen LogP contribution in [0.4, 0.5) is 35.0 Å². The summed E-state index contributed by atoms with van der Waals surface area (Å²) in [5.74, 6) is 0. The Labute approximate surface area is 205 Å². The predicted molar refractivity (Wildman–Crippen MR) is 129 cm³/mol. The van der Waals surface area contributed by atoms with Crippen LogP contribution in [0.15, 0.2) is 53.0 Å². The second-order valence-corrected chi connectivity index (χ2v) is 8.74. The Kier molecular flexibility index (Phi) is 9.03. The van der Waals surface area contributed by atoms with Gasteiger partial charge in [0.15, 0.2) is 6.29 Å². The molecule has 2 aromatic carbocycles. The smallest absolute Gasteiger partial charge is 0.368 e. The number of alkyl halides is 3. The summed E-state index contributed by atoms with van der Waals surface area (Å²) in [6.07, 6.45) is -5.52. The van der Waals surface area contributed by atoms with Crippen LogP contribution in [0.3, 0.4) is 0 Å². The minimum atomic E-state index is -4.55. The van der Waals surface area contributed by atoms with Crippen molar-refractivity contribution in [3.63, 3.8) is 0 Å². The average molecular weight is 545 g/mol. The molecule has 0 spiro atoms. The molecule has 11 heteroatoms. The summed E-state index contributed by atoms with van der Waals surface area (Å²) in [5, 5.41) is 2.53. The molecule has 0 atom stereocenters. The summed E-state index contributed by atoms with van der Waals surface area (Å²) < 4.78 is 49.8. The lowest BCUT2D eigenvalue weighted by atomic mass is 10.2. The highest BCUT2D eigenvalue weighted by Gasteiger charge is 2.34. The first-order chi connectivity index (χ1) is 16.2. The van der Waals surface area contributed by atoms with Crippen LogP contribution in [0.2, 0.25) is 0 Å². The van der Waals surface area contributed by atoms with E-state index in [-0.39, 0.29) is 6.54 Å². The van der Waals surface area contributed by atoms with E-state index in [0.29, 0.717) is 10.6 Å². The van der Waals surface area contributed by atoms with E-state index in [1.807, 2.05) is 24.3 Å². The highest BCUT2D eigenvalue weighted by Crippen LogP contribution is 2.24. The number of carbonyl (C=O) groups is 1. The third-order valence-corrected chi connectivity index (χ3v) is 6.04. The molecule has 0 aliphatic carbocycles. The van der Waals surface area contributed by atoms with Crippen molar-refractivity contribution >= 4 is 39.0 Å². The van der Waals surface area contributed by atoms with E-state index in [4.69, 9.17) is 9.47 Å². The third kappa shape index (κ3) is 7.51. The molecule has 1 fully saturated rings. The van der Waals surface area contributed by atoms with E-state index in [2.05, 4.69) is 43.2 Å². The van der Waals surface area contributed by atoms with Crippen LogP contribution in [-0.4, -0.2) is 76.9 Å². The lowest BCUT2D eigenvalue weighted by Crippen LogP contribution is -2.46.